The molecule has 0 aliphatic heterocycles. The molecule has 0 radical (unpaired) electrons. The maximum atomic E-state index is 13.4. The summed E-state index contributed by atoms with van der Waals surface area (Å²) in [6.45, 7) is 1.54. The Bertz CT molecular complexity index is 1120. The summed E-state index contributed by atoms with van der Waals surface area (Å²) in [6.07, 6.45) is 12.3. The van der Waals surface area contributed by atoms with Crippen molar-refractivity contribution in [3.8, 4) is 0 Å². The van der Waals surface area contributed by atoms with Crippen molar-refractivity contribution in [1.82, 2.24) is 0 Å². The summed E-state index contributed by atoms with van der Waals surface area (Å²) in [7, 11) is -1.37. The van der Waals surface area contributed by atoms with Gasteiger partial charge in [-0.15, -0.1) is 0 Å². The van der Waals surface area contributed by atoms with Crippen molar-refractivity contribution in [2.24, 2.45) is 11.8 Å². The Morgan fingerprint density at radius 1 is 0.968 bits per heavy atom. The Hall–Kier alpha value is -3.19. The first-order chi connectivity index (χ1) is 14.8. The molecule has 0 bridgehead atoms. The normalized spacial score (nSPS) is 21.5. The average Bonchev–Trinajstić information content (AvgIpc) is 3.11. The molecule has 6 nitrogen and oxygen atoms in total. The highest BCUT2D eigenvalue weighted by atomic mass is 32.2. The fourth-order valence-corrected chi connectivity index (χ4v) is 5.47. The van der Waals surface area contributed by atoms with E-state index in [2.05, 4.69) is 0 Å². The molecule has 0 aromatic heterocycles. The van der Waals surface area contributed by atoms with Crippen LogP contribution in [0.4, 0.5) is 0 Å². The van der Waals surface area contributed by atoms with Crippen molar-refractivity contribution in [3.05, 3.63) is 89.6 Å². The van der Waals surface area contributed by atoms with Crippen LogP contribution in [-0.4, -0.2) is 39.8 Å². The number of methoxy groups -OCH3 is 2. The maximum absolute atomic E-state index is 13.4. The molecule has 0 unspecified atom stereocenters. The summed E-state index contributed by atoms with van der Waals surface area (Å²) in [5.41, 5.74) is 1.24. The zero-order chi connectivity index (χ0) is 22.6. The second kappa shape index (κ2) is 9.31. The van der Waals surface area contributed by atoms with Crippen molar-refractivity contribution < 1.29 is 27.5 Å². The molecular formula is C24H24O6S. The zero-order valence-electron chi connectivity index (χ0n) is 17.5. The fraction of sp³-hybridized carbons (Fsp3) is 0.250. The molecule has 0 spiro atoms. The third kappa shape index (κ3) is 4.32. The lowest BCUT2D eigenvalue weighted by Gasteiger charge is -2.28. The van der Waals surface area contributed by atoms with E-state index in [1.165, 1.54) is 33.3 Å². The Morgan fingerprint density at radius 2 is 1.68 bits per heavy atom. The molecule has 3 rings (SSSR count). The summed E-state index contributed by atoms with van der Waals surface area (Å²) < 4.78 is 36.7. The van der Waals surface area contributed by atoms with Gasteiger partial charge >= 0.3 is 11.9 Å². The molecule has 0 heterocycles. The number of ether oxygens (including phenoxy) is 2. The third-order valence-corrected chi connectivity index (χ3v) is 7.74. The molecular weight excluding hydrogens is 416 g/mol. The van der Waals surface area contributed by atoms with Gasteiger partial charge in [0.25, 0.3) is 0 Å². The van der Waals surface area contributed by atoms with E-state index in [1.807, 2.05) is 0 Å². The highest BCUT2D eigenvalue weighted by Crippen LogP contribution is 2.39. The molecule has 3 atom stereocenters. The monoisotopic (exact) mass is 440 g/mol. The van der Waals surface area contributed by atoms with E-state index < -0.39 is 38.9 Å². The highest BCUT2D eigenvalue weighted by molar-refractivity contribution is 7.92. The Kier molecular flexibility index (Phi) is 6.75. The van der Waals surface area contributed by atoms with Crippen LogP contribution in [0.1, 0.15) is 6.92 Å². The van der Waals surface area contributed by atoms with Crippen LogP contribution in [-0.2, 0) is 28.9 Å². The number of hydrogen-bond acceptors (Lipinski definition) is 6. The number of carbonyl (C=O) groups excluding carboxylic acids is 2. The first kappa shape index (κ1) is 22.5. The Labute approximate surface area is 182 Å². The zero-order valence-corrected chi connectivity index (χ0v) is 18.3. The van der Waals surface area contributed by atoms with E-state index in [1.54, 1.807) is 60.7 Å². The summed E-state index contributed by atoms with van der Waals surface area (Å²) in [5, 5.41) is -1.02. The van der Waals surface area contributed by atoms with E-state index in [9.17, 15) is 18.0 Å². The van der Waals surface area contributed by atoms with Crippen molar-refractivity contribution in [2.45, 2.75) is 17.1 Å². The van der Waals surface area contributed by atoms with Crippen molar-refractivity contribution in [2.75, 3.05) is 14.2 Å². The predicted octanol–water partition coefficient (Wildman–Crippen LogP) is 3.35. The van der Waals surface area contributed by atoms with Gasteiger partial charge in [0.2, 0.25) is 0 Å². The average molecular weight is 441 g/mol. The molecule has 0 fully saturated rings. The molecule has 0 saturated heterocycles. The maximum Gasteiger partial charge on any atom is 0.335 e. The van der Waals surface area contributed by atoms with E-state index in [-0.39, 0.29) is 10.5 Å². The van der Waals surface area contributed by atoms with Gasteiger partial charge in [-0.1, -0.05) is 60.7 Å². The summed E-state index contributed by atoms with van der Waals surface area (Å²) in [4.78, 5) is 25.9. The molecule has 2 aliphatic carbocycles. The van der Waals surface area contributed by atoms with E-state index in [0.29, 0.717) is 11.1 Å². The third-order valence-electron chi connectivity index (χ3n) is 5.52. The standard InChI is InChI=1S/C24H24O6S/c1-16(31(27,28)18-11-7-5-8-12-18)19-15-14-17-10-6-4-9-13-20(17)22(24(26)30-3)21(19)23(25)29-2/h4-16,19,21H,1-3H3/t16-,19+,21-/m1/s1. The van der Waals surface area contributed by atoms with E-state index in [0.717, 1.165) is 0 Å². The first-order valence-electron chi connectivity index (χ1n) is 9.75. The quantitative estimate of drug-likeness (QED) is 0.653. The Balaban J connectivity index is 2.24. The van der Waals surface area contributed by atoms with Crippen LogP contribution in [0.15, 0.2) is 94.5 Å². The largest absolute Gasteiger partial charge is 0.469 e. The lowest BCUT2D eigenvalue weighted by atomic mass is 9.82. The van der Waals surface area contributed by atoms with Crippen LogP contribution in [0.3, 0.4) is 0 Å². The minimum atomic E-state index is -3.81. The number of fused-ring (bicyclic) bond motifs is 1. The minimum absolute atomic E-state index is 0.0747. The van der Waals surface area contributed by atoms with Gasteiger partial charge in [-0.2, -0.15) is 0 Å². The second-order valence-electron chi connectivity index (χ2n) is 7.19. The van der Waals surface area contributed by atoms with Gasteiger partial charge in [-0.3, -0.25) is 4.79 Å². The van der Waals surface area contributed by atoms with Crippen LogP contribution >= 0.6 is 0 Å². The molecule has 162 valence electrons. The topological polar surface area (TPSA) is 86.7 Å². The highest BCUT2D eigenvalue weighted by Gasteiger charge is 2.44. The molecule has 1 aromatic rings. The Morgan fingerprint density at radius 3 is 2.32 bits per heavy atom. The molecule has 0 saturated carbocycles. The molecule has 31 heavy (non-hydrogen) atoms. The summed E-state index contributed by atoms with van der Waals surface area (Å²) in [6, 6.07) is 8.04. The van der Waals surface area contributed by atoms with Crippen molar-refractivity contribution >= 4 is 21.8 Å². The van der Waals surface area contributed by atoms with Crippen LogP contribution in [0.2, 0.25) is 0 Å². The van der Waals surface area contributed by atoms with Crippen LogP contribution in [0.25, 0.3) is 0 Å². The number of carbonyl (C=O) groups is 2. The molecule has 7 heteroatoms. The molecule has 2 aliphatic rings. The summed E-state index contributed by atoms with van der Waals surface area (Å²) >= 11 is 0. The number of rotatable bonds is 5. The van der Waals surface area contributed by atoms with Gasteiger partial charge in [0.05, 0.1) is 35.9 Å². The molecule has 1 aromatic carbocycles. The number of allylic oxidation sites excluding steroid dienone is 9. The summed E-state index contributed by atoms with van der Waals surface area (Å²) in [5.74, 6) is -3.43. The van der Waals surface area contributed by atoms with Crippen molar-refractivity contribution in [1.29, 1.82) is 0 Å². The predicted molar refractivity (Wildman–Crippen MR) is 117 cm³/mol. The lowest BCUT2D eigenvalue weighted by Crippen LogP contribution is -2.38. The lowest BCUT2D eigenvalue weighted by molar-refractivity contribution is -0.148. The smallest absolute Gasteiger partial charge is 0.335 e. The SMILES string of the molecule is COC(=O)C1=C2C=CC=CC=C2C=C[C@@H]([C@@H](C)S(=O)(=O)c2ccccc2)[C@H]1C(=O)OC. The van der Waals surface area contributed by atoms with E-state index in [4.69, 9.17) is 9.47 Å². The first-order valence-corrected chi connectivity index (χ1v) is 11.3. The number of hydrogen-bond donors (Lipinski definition) is 0. The van der Waals surface area contributed by atoms with Crippen molar-refractivity contribution in [3.63, 3.8) is 0 Å². The van der Waals surface area contributed by atoms with Crippen LogP contribution in [0, 0.1) is 11.8 Å². The molecule has 0 amide bonds. The number of sulfone groups is 1. The number of esters is 2. The van der Waals surface area contributed by atoms with Gasteiger partial charge in [-0.05, 0) is 30.2 Å². The van der Waals surface area contributed by atoms with Gasteiger partial charge in [0.15, 0.2) is 9.84 Å². The van der Waals surface area contributed by atoms with Gasteiger partial charge in [0, 0.05) is 5.92 Å². The molecule has 0 N–H and O–H groups in total. The fourth-order valence-electron chi connectivity index (χ4n) is 3.85. The van der Waals surface area contributed by atoms with Crippen LogP contribution < -0.4 is 0 Å². The van der Waals surface area contributed by atoms with Gasteiger partial charge in [-0.25, -0.2) is 13.2 Å². The van der Waals surface area contributed by atoms with E-state index >= 15 is 0 Å². The van der Waals surface area contributed by atoms with Crippen LogP contribution in [0.5, 0.6) is 0 Å². The minimum Gasteiger partial charge on any atom is -0.469 e. The number of benzene rings is 1. The van der Waals surface area contributed by atoms with Gasteiger partial charge in [0.1, 0.15) is 0 Å². The second-order valence-corrected chi connectivity index (χ2v) is 9.49. The van der Waals surface area contributed by atoms with Gasteiger partial charge < -0.3 is 9.47 Å².